The minimum atomic E-state index is 0.347. The van der Waals surface area contributed by atoms with Crippen LogP contribution in [0.15, 0.2) is 237 Å². The number of hydrogen-bond acceptors (Lipinski definition) is 1. The molecule has 0 amide bonds. The Bertz CT molecular complexity index is 3210. The summed E-state index contributed by atoms with van der Waals surface area (Å²) in [4.78, 5) is 2.42. The third kappa shape index (κ3) is 6.49. The van der Waals surface area contributed by atoms with Crippen molar-refractivity contribution in [2.75, 3.05) is 4.90 Å². The number of anilines is 3. The lowest BCUT2D eigenvalue weighted by Crippen LogP contribution is -2.11. The maximum atomic E-state index is 2.42. The second-order valence-corrected chi connectivity index (χ2v) is 15.7. The molecule has 0 N–H and O–H groups in total. The normalized spacial score (nSPS) is 13.6. The zero-order chi connectivity index (χ0) is 39.8. The standard InChI is InChI=1S/C58H42N2/c1-4-15-41(16-5-1)43-29-31-44(32-30-43)45-33-35-51(36-34-45)59(52-25-12-21-46(37-52)42-17-6-2-7-18-42)53-26-13-22-49(38-53)54-27-14-28-56-58(54)55-39-47-19-10-11-20-48(47)40-57(55)60(56)50-23-8-3-9-24-50/h1-17,19-40,42H,18H2. The Balaban J connectivity index is 1.05. The van der Waals surface area contributed by atoms with Gasteiger partial charge in [-0.1, -0.05) is 170 Å². The molecular weight excluding hydrogens is 725 g/mol. The smallest absolute Gasteiger partial charge is 0.0547 e. The van der Waals surface area contributed by atoms with Crippen LogP contribution in [0.25, 0.3) is 71.6 Å². The van der Waals surface area contributed by atoms with Crippen LogP contribution >= 0.6 is 0 Å². The second kappa shape index (κ2) is 15.2. The molecule has 1 unspecified atom stereocenters. The van der Waals surface area contributed by atoms with Gasteiger partial charge in [-0.2, -0.15) is 0 Å². The molecule has 0 bridgehead atoms. The highest BCUT2D eigenvalue weighted by Crippen LogP contribution is 2.43. The van der Waals surface area contributed by atoms with Gasteiger partial charge in [0.15, 0.2) is 0 Å². The fourth-order valence-corrected chi connectivity index (χ4v) is 9.12. The van der Waals surface area contributed by atoms with E-state index in [1.54, 1.807) is 0 Å². The molecule has 0 saturated carbocycles. The summed E-state index contributed by atoms with van der Waals surface area (Å²) in [7, 11) is 0. The molecular formula is C58H42N2. The number of rotatable bonds is 8. The quantitative estimate of drug-likeness (QED) is 0.150. The number of hydrogen-bond donors (Lipinski definition) is 0. The van der Waals surface area contributed by atoms with Crippen LogP contribution in [0, 0.1) is 0 Å². The van der Waals surface area contributed by atoms with Gasteiger partial charge in [-0.25, -0.2) is 0 Å². The van der Waals surface area contributed by atoms with E-state index in [-0.39, 0.29) is 0 Å². The first-order valence-electron chi connectivity index (χ1n) is 20.9. The Morgan fingerprint density at radius 1 is 0.417 bits per heavy atom. The highest BCUT2D eigenvalue weighted by atomic mass is 15.1. The molecule has 1 aliphatic rings. The van der Waals surface area contributed by atoms with Crippen molar-refractivity contribution in [3.63, 3.8) is 0 Å². The van der Waals surface area contributed by atoms with E-state index < -0.39 is 0 Å². The maximum absolute atomic E-state index is 2.42. The van der Waals surface area contributed by atoms with Gasteiger partial charge >= 0.3 is 0 Å². The van der Waals surface area contributed by atoms with Crippen molar-refractivity contribution in [1.29, 1.82) is 0 Å². The lowest BCUT2D eigenvalue weighted by Gasteiger charge is -2.27. The monoisotopic (exact) mass is 766 g/mol. The molecule has 1 atom stereocenters. The molecule has 0 fully saturated rings. The molecule has 1 heterocycles. The number of fused-ring (bicyclic) bond motifs is 4. The summed E-state index contributed by atoms with van der Waals surface area (Å²) in [5, 5.41) is 4.99. The zero-order valence-corrected chi connectivity index (χ0v) is 33.2. The van der Waals surface area contributed by atoms with Gasteiger partial charge in [-0.3, -0.25) is 0 Å². The predicted molar refractivity (Wildman–Crippen MR) is 255 cm³/mol. The molecule has 2 heteroatoms. The van der Waals surface area contributed by atoms with Crippen LogP contribution in [0.2, 0.25) is 0 Å². The molecule has 0 radical (unpaired) electrons. The van der Waals surface area contributed by atoms with Gasteiger partial charge in [-0.15, -0.1) is 0 Å². The minimum absolute atomic E-state index is 0.347. The van der Waals surface area contributed by atoms with Crippen molar-refractivity contribution in [3.05, 3.63) is 242 Å². The molecule has 0 aliphatic heterocycles. The molecule has 9 aromatic carbocycles. The molecule has 284 valence electrons. The zero-order valence-electron chi connectivity index (χ0n) is 33.2. The Labute approximate surface area is 351 Å². The maximum Gasteiger partial charge on any atom is 0.0547 e. The lowest BCUT2D eigenvalue weighted by molar-refractivity contribution is 0.853. The number of para-hydroxylation sites is 1. The van der Waals surface area contributed by atoms with Crippen molar-refractivity contribution in [1.82, 2.24) is 4.57 Å². The van der Waals surface area contributed by atoms with E-state index in [1.165, 1.54) is 71.5 Å². The first-order valence-corrected chi connectivity index (χ1v) is 20.9. The number of allylic oxidation sites excluding steroid dienone is 4. The number of benzene rings is 9. The second-order valence-electron chi connectivity index (χ2n) is 15.7. The summed E-state index contributed by atoms with van der Waals surface area (Å²) in [5.41, 5.74) is 15.5. The third-order valence-corrected chi connectivity index (χ3v) is 12.1. The SMILES string of the molecule is C1=CCC(c2cccc(N(c3ccc(-c4ccc(-c5ccccc5)cc4)cc3)c3cccc(-c4cccc5c4c4cc6ccccc6cc4n5-c4ccccc4)c3)c2)C=C1. The number of nitrogens with zero attached hydrogens (tertiary/aromatic N) is 2. The molecule has 0 spiro atoms. The summed E-state index contributed by atoms with van der Waals surface area (Å²) in [5.74, 6) is 0.347. The van der Waals surface area contributed by atoms with Crippen LogP contribution in [0.4, 0.5) is 17.1 Å². The van der Waals surface area contributed by atoms with Gasteiger partial charge in [0.25, 0.3) is 0 Å². The summed E-state index contributed by atoms with van der Waals surface area (Å²) >= 11 is 0. The Hall–Kier alpha value is -7.68. The summed E-state index contributed by atoms with van der Waals surface area (Å²) in [6.07, 6.45) is 9.91. The van der Waals surface area contributed by atoms with Crippen molar-refractivity contribution in [3.8, 4) is 39.1 Å². The average molecular weight is 767 g/mol. The average Bonchev–Trinajstić information content (AvgIpc) is 3.65. The third-order valence-electron chi connectivity index (χ3n) is 12.1. The van der Waals surface area contributed by atoms with E-state index in [0.29, 0.717) is 5.92 Å². The first-order chi connectivity index (χ1) is 29.7. The Kier molecular flexibility index (Phi) is 9.02. The van der Waals surface area contributed by atoms with Crippen molar-refractivity contribution in [2.45, 2.75) is 12.3 Å². The molecule has 2 nitrogen and oxygen atoms in total. The van der Waals surface area contributed by atoms with E-state index in [0.717, 1.165) is 29.2 Å². The summed E-state index contributed by atoms with van der Waals surface area (Å²) in [6, 6.07) is 77.6. The fraction of sp³-hybridized carbons (Fsp3) is 0.0345. The van der Waals surface area contributed by atoms with Crippen LogP contribution in [0.1, 0.15) is 17.9 Å². The van der Waals surface area contributed by atoms with Crippen LogP contribution in [0.5, 0.6) is 0 Å². The fourth-order valence-electron chi connectivity index (χ4n) is 9.12. The van der Waals surface area contributed by atoms with Gasteiger partial charge in [0.05, 0.1) is 11.0 Å². The van der Waals surface area contributed by atoms with Gasteiger partial charge in [-0.05, 0) is 123 Å². The van der Waals surface area contributed by atoms with Gasteiger partial charge < -0.3 is 9.47 Å². The Morgan fingerprint density at radius 2 is 1.02 bits per heavy atom. The topological polar surface area (TPSA) is 8.17 Å². The molecule has 1 aliphatic carbocycles. The van der Waals surface area contributed by atoms with Crippen molar-refractivity contribution < 1.29 is 0 Å². The minimum Gasteiger partial charge on any atom is -0.310 e. The van der Waals surface area contributed by atoms with E-state index >= 15 is 0 Å². The highest BCUT2D eigenvalue weighted by molar-refractivity contribution is 6.18. The first kappa shape index (κ1) is 35.5. The summed E-state index contributed by atoms with van der Waals surface area (Å²) in [6.45, 7) is 0. The molecule has 11 rings (SSSR count). The molecule has 1 aromatic heterocycles. The van der Waals surface area contributed by atoms with Gasteiger partial charge in [0.1, 0.15) is 0 Å². The van der Waals surface area contributed by atoms with Crippen LogP contribution in [-0.2, 0) is 0 Å². The predicted octanol–water partition coefficient (Wildman–Crippen LogP) is 16.0. The molecule has 10 aromatic rings. The highest BCUT2D eigenvalue weighted by Gasteiger charge is 2.20. The largest absolute Gasteiger partial charge is 0.310 e. The van der Waals surface area contributed by atoms with E-state index in [1.807, 2.05) is 0 Å². The van der Waals surface area contributed by atoms with Crippen molar-refractivity contribution in [2.24, 2.45) is 0 Å². The van der Waals surface area contributed by atoms with Crippen LogP contribution in [0.3, 0.4) is 0 Å². The molecule has 60 heavy (non-hydrogen) atoms. The van der Waals surface area contributed by atoms with E-state index in [4.69, 9.17) is 0 Å². The van der Waals surface area contributed by atoms with Crippen LogP contribution < -0.4 is 4.90 Å². The molecule has 0 saturated heterocycles. The number of aromatic nitrogens is 1. The van der Waals surface area contributed by atoms with Gasteiger partial charge in [0.2, 0.25) is 0 Å². The summed E-state index contributed by atoms with van der Waals surface area (Å²) < 4.78 is 2.42. The van der Waals surface area contributed by atoms with E-state index in [9.17, 15) is 0 Å². The van der Waals surface area contributed by atoms with Crippen molar-refractivity contribution >= 4 is 49.6 Å². The van der Waals surface area contributed by atoms with E-state index in [2.05, 4.69) is 246 Å². The van der Waals surface area contributed by atoms with Crippen LogP contribution in [-0.4, -0.2) is 4.57 Å². The Morgan fingerprint density at radius 3 is 1.73 bits per heavy atom. The lowest BCUT2D eigenvalue weighted by atomic mass is 9.92. The van der Waals surface area contributed by atoms with Gasteiger partial charge in [0, 0.05) is 39.4 Å².